The summed E-state index contributed by atoms with van der Waals surface area (Å²) in [7, 11) is 0. The Bertz CT molecular complexity index is 172. The Morgan fingerprint density at radius 1 is 1.43 bits per heavy atom. The molecule has 0 aromatic carbocycles. The molecule has 0 aromatic rings. The van der Waals surface area contributed by atoms with Crippen LogP contribution in [-0.4, -0.2) is 36.7 Å². The molecule has 0 bridgehead atoms. The highest BCUT2D eigenvalue weighted by Gasteiger charge is 2.33. The van der Waals surface area contributed by atoms with Crippen LogP contribution in [0.5, 0.6) is 0 Å². The SMILES string of the molecule is CSC1(CNC2CCNC2)CCCC1. The van der Waals surface area contributed by atoms with Gasteiger partial charge in [0.15, 0.2) is 0 Å². The van der Waals surface area contributed by atoms with Gasteiger partial charge in [-0.05, 0) is 32.1 Å². The molecule has 3 heteroatoms. The molecule has 0 amide bonds. The summed E-state index contributed by atoms with van der Waals surface area (Å²) in [4.78, 5) is 0. The predicted molar refractivity (Wildman–Crippen MR) is 64.0 cm³/mol. The van der Waals surface area contributed by atoms with E-state index in [4.69, 9.17) is 0 Å². The lowest BCUT2D eigenvalue weighted by Gasteiger charge is -2.28. The molecule has 2 aliphatic rings. The first kappa shape index (κ1) is 10.8. The number of rotatable bonds is 4. The van der Waals surface area contributed by atoms with E-state index < -0.39 is 0 Å². The van der Waals surface area contributed by atoms with Crippen molar-refractivity contribution in [1.82, 2.24) is 10.6 Å². The van der Waals surface area contributed by atoms with E-state index in [9.17, 15) is 0 Å². The lowest BCUT2D eigenvalue weighted by Crippen LogP contribution is -2.41. The smallest absolute Gasteiger partial charge is 0.0281 e. The molecule has 2 rings (SSSR count). The maximum Gasteiger partial charge on any atom is 0.0281 e. The van der Waals surface area contributed by atoms with Gasteiger partial charge in [-0.25, -0.2) is 0 Å². The predicted octanol–water partition coefficient (Wildman–Crippen LogP) is 1.61. The fourth-order valence-electron chi connectivity index (χ4n) is 2.63. The van der Waals surface area contributed by atoms with E-state index in [1.54, 1.807) is 0 Å². The largest absolute Gasteiger partial charge is 0.315 e. The van der Waals surface area contributed by atoms with Gasteiger partial charge < -0.3 is 10.6 Å². The fourth-order valence-corrected chi connectivity index (χ4v) is 3.56. The highest BCUT2D eigenvalue weighted by Crippen LogP contribution is 2.39. The van der Waals surface area contributed by atoms with Gasteiger partial charge in [0.1, 0.15) is 0 Å². The average molecular weight is 214 g/mol. The molecule has 1 aliphatic carbocycles. The molecular weight excluding hydrogens is 192 g/mol. The van der Waals surface area contributed by atoms with Crippen LogP contribution in [0.1, 0.15) is 32.1 Å². The van der Waals surface area contributed by atoms with Crippen LogP contribution in [0.15, 0.2) is 0 Å². The van der Waals surface area contributed by atoms with Gasteiger partial charge in [-0.3, -0.25) is 0 Å². The van der Waals surface area contributed by atoms with Crippen LogP contribution in [0.25, 0.3) is 0 Å². The fraction of sp³-hybridized carbons (Fsp3) is 1.00. The zero-order valence-electron chi connectivity index (χ0n) is 9.14. The van der Waals surface area contributed by atoms with Crippen LogP contribution in [-0.2, 0) is 0 Å². The summed E-state index contributed by atoms with van der Waals surface area (Å²) >= 11 is 2.08. The first-order valence-corrected chi connectivity index (χ1v) is 7.06. The maximum absolute atomic E-state index is 3.73. The van der Waals surface area contributed by atoms with E-state index in [1.165, 1.54) is 51.7 Å². The first-order chi connectivity index (χ1) is 6.85. The number of hydrogen-bond donors (Lipinski definition) is 2. The van der Waals surface area contributed by atoms with Crippen LogP contribution < -0.4 is 10.6 Å². The van der Waals surface area contributed by atoms with Gasteiger partial charge in [-0.1, -0.05) is 12.8 Å². The molecule has 1 aliphatic heterocycles. The van der Waals surface area contributed by atoms with Crippen molar-refractivity contribution in [3.63, 3.8) is 0 Å². The molecule has 82 valence electrons. The summed E-state index contributed by atoms with van der Waals surface area (Å²) in [6.07, 6.45) is 9.30. The van der Waals surface area contributed by atoms with E-state index in [0.29, 0.717) is 4.75 Å². The second kappa shape index (κ2) is 4.86. The molecule has 1 unspecified atom stereocenters. The van der Waals surface area contributed by atoms with Gasteiger partial charge in [0.05, 0.1) is 0 Å². The molecule has 1 atom stereocenters. The lowest BCUT2D eigenvalue weighted by atomic mass is 10.1. The van der Waals surface area contributed by atoms with Crippen molar-refractivity contribution in [2.45, 2.75) is 42.9 Å². The minimum absolute atomic E-state index is 0.572. The third kappa shape index (κ3) is 2.44. The molecule has 2 N–H and O–H groups in total. The van der Waals surface area contributed by atoms with Gasteiger partial charge in [0.25, 0.3) is 0 Å². The first-order valence-electron chi connectivity index (χ1n) is 5.84. The third-order valence-electron chi connectivity index (χ3n) is 3.72. The quantitative estimate of drug-likeness (QED) is 0.743. The molecular formula is C11H22N2S. The van der Waals surface area contributed by atoms with Gasteiger partial charge in [0.2, 0.25) is 0 Å². The summed E-state index contributed by atoms with van der Waals surface area (Å²) in [5.74, 6) is 0. The van der Waals surface area contributed by atoms with Crippen molar-refractivity contribution in [1.29, 1.82) is 0 Å². The van der Waals surface area contributed by atoms with Gasteiger partial charge in [-0.15, -0.1) is 0 Å². The molecule has 1 heterocycles. The van der Waals surface area contributed by atoms with Crippen molar-refractivity contribution >= 4 is 11.8 Å². The zero-order valence-corrected chi connectivity index (χ0v) is 9.96. The standard InChI is InChI=1S/C11H22N2S/c1-14-11(5-2-3-6-11)9-13-10-4-7-12-8-10/h10,12-13H,2-9H2,1H3. The average Bonchev–Trinajstić information content (AvgIpc) is 2.87. The summed E-state index contributed by atoms with van der Waals surface area (Å²) in [6.45, 7) is 3.59. The summed E-state index contributed by atoms with van der Waals surface area (Å²) in [6, 6.07) is 0.736. The Kier molecular flexibility index (Phi) is 3.74. The minimum atomic E-state index is 0.572. The van der Waals surface area contributed by atoms with E-state index in [0.717, 1.165) is 6.04 Å². The van der Waals surface area contributed by atoms with E-state index in [2.05, 4.69) is 28.7 Å². The molecule has 1 saturated heterocycles. The maximum atomic E-state index is 3.73. The van der Waals surface area contributed by atoms with E-state index in [-0.39, 0.29) is 0 Å². The summed E-state index contributed by atoms with van der Waals surface area (Å²) < 4.78 is 0.572. The molecule has 14 heavy (non-hydrogen) atoms. The van der Waals surface area contributed by atoms with Crippen LogP contribution in [0, 0.1) is 0 Å². The minimum Gasteiger partial charge on any atom is -0.315 e. The van der Waals surface area contributed by atoms with Crippen LogP contribution in [0.4, 0.5) is 0 Å². The zero-order chi connectivity index (χ0) is 9.86. The Balaban J connectivity index is 1.76. The van der Waals surface area contributed by atoms with E-state index in [1.807, 2.05) is 0 Å². The highest BCUT2D eigenvalue weighted by atomic mass is 32.2. The highest BCUT2D eigenvalue weighted by molar-refractivity contribution is 8.00. The van der Waals surface area contributed by atoms with Crippen molar-refractivity contribution < 1.29 is 0 Å². The van der Waals surface area contributed by atoms with Gasteiger partial charge in [0, 0.05) is 23.9 Å². The Morgan fingerprint density at radius 2 is 2.21 bits per heavy atom. The number of thioether (sulfide) groups is 1. The molecule has 0 spiro atoms. The molecule has 0 aromatic heterocycles. The van der Waals surface area contributed by atoms with Crippen molar-refractivity contribution in [3.8, 4) is 0 Å². The van der Waals surface area contributed by atoms with Gasteiger partial charge >= 0.3 is 0 Å². The Hall–Kier alpha value is 0.270. The van der Waals surface area contributed by atoms with Crippen molar-refractivity contribution in [3.05, 3.63) is 0 Å². The van der Waals surface area contributed by atoms with Crippen LogP contribution in [0.2, 0.25) is 0 Å². The molecule has 0 radical (unpaired) electrons. The second-order valence-corrected chi connectivity index (χ2v) is 5.94. The topological polar surface area (TPSA) is 24.1 Å². The summed E-state index contributed by atoms with van der Waals surface area (Å²) in [5, 5.41) is 7.14. The van der Waals surface area contributed by atoms with Crippen LogP contribution in [0.3, 0.4) is 0 Å². The molecule has 2 fully saturated rings. The third-order valence-corrected chi connectivity index (χ3v) is 5.14. The normalized spacial score (nSPS) is 31.1. The summed E-state index contributed by atoms with van der Waals surface area (Å²) in [5.41, 5.74) is 0. The molecule has 1 saturated carbocycles. The van der Waals surface area contributed by atoms with Crippen molar-refractivity contribution in [2.75, 3.05) is 25.9 Å². The monoisotopic (exact) mass is 214 g/mol. The Morgan fingerprint density at radius 3 is 2.79 bits per heavy atom. The van der Waals surface area contributed by atoms with Crippen molar-refractivity contribution in [2.24, 2.45) is 0 Å². The lowest BCUT2D eigenvalue weighted by molar-refractivity contribution is 0.475. The number of nitrogens with one attached hydrogen (secondary N) is 2. The Labute approximate surface area is 91.6 Å². The van der Waals surface area contributed by atoms with Gasteiger partial charge in [-0.2, -0.15) is 11.8 Å². The van der Waals surface area contributed by atoms with Crippen LogP contribution >= 0.6 is 11.8 Å². The van der Waals surface area contributed by atoms with E-state index >= 15 is 0 Å². The molecule has 2 nitrogen and oxygen atoms in total. The number of hydrogen-bond acceptors (Lipinski definition) is 3. The second-order valence-electron chi connectivity index (χ2n) is 4.66.